The molecule has 2 nitrogen and oxygen atoms in total. The van der Waals surface area contributed by atoms with Gasteiger partial charge in [0.25, 0.3) is 0 Å². The Morgan fingerprint density at radius 3 is 2.53 bits per heavy atom. The van der Waals surface area contributed by atoms with Crippen LogP contribution >= 0.6 is 11.6 Å². The Morgan fingerprint density at radius 2 is 1.89 bits per heavy atom. The maximum absolute atomic E-state index is 13.0. The highest BCUT2D eigenvalue weighted by Gasteiger charge is 2.07. The molecular formula is C15H15ClFNO. The van der Waals surface area contributed by atoms with Crippen LogP contribution in [-0.2, 0) is 6.42 Å². The molecule has 0 amide bonds. The van der Waals surface area contributed by atoms with Crippen molar-refractivity contribution < 1.29 is 9.13 Å². The third-order valence-electron chi connectivity index (χ3n) is 2.79. The summed E-state index contributed by atoms with van der Waals surface area (Å²) in [5.74, 6) is 0.862. The van der Waals surface area contributed by atoms with E-state index in [-0.39, 0.29) is 5.82 Å². The van der Waals surface area contributed by atoms with Crippen molar-refractivity contribution in [2.24, 2.45) is 5.73 Å². The molecule has 0 atom stereocenters. The van der Waals surface area contributed by atoms with Crippen LogP contribution in [0.5, 0.6) is 11.5 Å². The number of hydrogen-bond acceptors (Lipinski definition) is 2. The molecule has 4 heteroatoms. The first-order valence-electron chi connectivity index (χ1n) is 6.02. The predicted molar refractivity (Wildman–Crippen MR) is 75.4 cm³/mol. The summed E-state index contributed by atoms with van der Waals surface area (Å²) in [6, 6.07) is 9.94. The van der Waals surface area contributed by atoms with E-state index >= 15 is 0 Å². The number of aryl methyl sites for hydroxylation is 1. The van der Waals surface area contributed by atoms with Gasteiger partial charge < -0.3 is 10.5 Å². The summed E-state index contributed by atoms with van der Waals surface area (Å²) < 4.78 is 18.7. The summed E-state index contributed by atoms with van der Waals surface area (Å²) in [4.78, 5) is 0. The third kappa shape index (κ3) is 3.46. The minimum atomic E-state index is -0.283. The Morgan fingerprint density at radius 1 is 1.16 bits per heavy atom. The lowest BCUT2D eigenvalue weighted by molar-refractivity contribution is 0.476. The molecule has 0 saturated carbocycles. The second-order valence-electron chi connectivity index (χ2n) is 4.32. The fourth-order valence-electron chi connectivity index (χ4n) is 1.80. The number of rotatable bonds is 4. The summed E-state index contributed by atoms with van der Waals surface area (Å²) in [6.07, 6.45) is 0.773. The summed E-state index contributed by atoms with van der Waals surface area (Å²) in [5, 5.41) is 0.523. The Kier molecular flexibility index (Phi) is 4.40. The van der Waals surface area contributed by atoms with E-state index in [1.165, 1.54) is 12.1 Å². The quantitative estimate of drug-likeness (QED) is 0.915. The minimum absolute atomic E-state index is 0.283. The topological polar surface area (TPSA) is 35.2 Å². The van der Waals surface area contributed by atoms with Gasteiger partial charge in [-0.15, -0.1) is 0 Å². The van der Waals surface area contributed by atoms with E-state index in [4.69, 9.17) is 22.1 Å². The molecule has 0 bridgehead atoms. The molecule has 0 heterocycles. The van der Waals surface area contributed by atoms with Crippen LogP contribution in [0.4, 0.5) is 4.39 Å². The lowest BCUT2D eigenvalue weighted by atomic mass is 10.1. The third-order valence-corrected chi connectivity index (χ3v) is 3.08. The number of nitrogens with two attached hydrogens (primary N) is 1. The molecule has 0 saturated heterocycles. The maximum atomic E-state index is 13.0. The van der Waals surface area contributed by atoms with E-state index in [2.05, 4.69) is 0 Å². The van der Waals surface area contributed by atoms with Crippen LogP contribution in [0.25, 0.3) is 0 Å². The fourth-order valence-corrected chi connectivity index (χ4v) is 2.04. The Hall–Kier alpha value is -1.58. The molecule has 0 unspecified atom stereocenters. The molecule has 2 N–H and O–H groups in total. The monoisotopic (exact) mass is 279 g/mol. The highest BCUT2D eigenvalue weighted by Crippen LogP contribution is 2.32. The molecule has 0 aromatic heterocycles. The number of benzene rings is 2. The van der Waals surface area contributed by atoms with Crippen LogP contribution in [0.15, 0.2) is 36.4 Å². The predicted octanol–water partition coefficient (Wildman–Crippen LogP) is 4.08. The number of hydrogen-bond donors (Lipinski definition) is 1. The van der Waals surface area contributed by atoms with E-state index in [9.17, 15) is 4.39 Å². The van der Waals surface area contributed by atoms with Gasteiger partial charge in [-0.05, 0) is 61.3 Å². The molecule has 100 valence electrons. The molecule has 0 aliphatic rings. The molecule has 0 radical (unpaired) electrons. The summed E-state index contributed by atoms with van der Waals surface area (Å²) in [7, 11) is 0. The van der Waals surface area contributed by atoms with Crippen LogP contribution in [0.2, 0.25) is 5.02 Å². The van der Waals surface area contributed by atoms with Gasteiger partial charge in [-0.2, -0.15) is 0 Å². The second kappa shape index (κ2) is 6.04. The molecule has 0 spiro atoms. The van der Waals surface area contributed by atoms with E-state index in [0.717, 1.165) is 17.5 Å². The molecule has 0 aliphatic heterocycles. The highest BCUT2D eigenvalue weighted by atomic mass is 35.5. The van der Waals surface area contributed by atoms with Gasteiger partial charge in [0, 0.05) is 0 Å². The van der Waals surface area contributed by atoms with E-state index < -0.39 is 0 Å². The van der Waals surface area contributed by atoms with Gasteiger partial charge in [0.2, 0.25) is 0 Å². The maximum Gasteiger partial charge on any atom is 0.146 e. The molecule has 0 aliphatic carbocycles. The Bertz CT molecular complexity index is 586. The Balaban J connectivity index is 2.23. The van der Waals surface area contributed by atoms with Crippen molar-refractivity contribution in [2.45, 2.75) is 13.3 Å². The normalized spacial score (nSPS) is 10.5. The summed E-state index contributed by atoms with van der Waals surface area (Å²) in [5.41, 5.74) is 7.29. The van der Waals surface area contributed by atoms with Crippen molar-refractivity contribution in [3.05, 3.63) is 58.4 Å². The SMILES string of the molecule is Cc1cc(F)ccc1Oc1ccc(CCN)cc1Cl. The van der Waals surface area contributed by atoms with Gasteiger partial charge in [0.05, 0.1) is 5.02 Å². The first kappa shape index (κ1) is 13.8. The van der Waals surface area contributed by atoms with Crippen LogP contribution in [0.3, 0.4) is 0 Å². The van der Waals surface area contributed by atoms with Gasteiger partial charge >= 0.3 is 0 Å². The van der Waals surface area contributed by atoms with E-state index in [0.29, 0.717) is 23.1 Å². The van der Waals surface area contributed by atoms with Crippen LogP contribution < -0.4 is 10.5 Å². The lowest BCUT2D eigenvalue weighted by Gasteiger charge is -2.11. The standard InChI is InChI=1S/C15H15ClFNO/c1-10-8-12(17)3-5-14(10)19-15-4-2-11(6-7-18)9-13(15)16/h2-5,8-9H,6-7,18H2,1H3. The largest absolute Gasteiger partial charge is 0.456 e. The number of ether oxygens (including phenoxy) is 1. The average Bonchev–Trinajstić information content (AvgIpc) is 2.36. The zero-order valence-corrected chi connectivity index (χ0v) is 11.4. The van der Waals surface area contributed by atoms with Crippen molar-refractivity contribution >= 4 is 11.6 Å². The summed E-state index contributed by atoms with van der Waals surface area (Å²) in [6.45, 7) is 2.36. The molecule has 19 heavy (non-hydrogen) atoms. The van der Waals surface area contributed by atoms with Gasteiger partial charge in [-0.1, -0.05) is 17.7 Å². The minimum Gasteiger partial charge on any atom is -0.456 e. The van der Waals surface area contributed by atoms with Crippen molar-refractivity contribution in [1.82, 2.24) is 0 Å². The number of halogens is 2. The first-order chi connectivity index (χ1) is 9.10. The molecule has 2 rings (SSSR count). The van der Waals surface area contributed by atoms with Crippen LogP contribution in [0.1, 0.15) is 11.1 Å². The van der Waals surface area contributed by atoms with Gasteiger partial charge in [-0.25, -0.2) is 4.39 Å². The van der Waals surface area contributed by atoms with E-state index in [1.807, 2.05) is 12.1 Å². The molecule has 2 aromatic rings. The second-order valence-corrected chi connectivity index (χ2v) is 4.72. The first-order valence-corrected chi connectivity index (χ1v) is 6.40. The zero-order valence-electron chi connectivity index (χ0n) is 10.6. The van der Waals surface area contributed by atoms with Gasteiger partial charge in [0.15, 0.2) is 0 Å². The van der Waals surface area contributed by atoms with Crippen molar-refractivity contribution in [1.29, 1.82) is 0 Å². The Labute approximate surface area is 117 Å². The van der Waals surface area contributed by atoms with Gasteiger partial charge in [0.1, 0.15) is 17.3 Å². The van der Waals surface area contributed by atoms with Crippen molar-refractivity contribution in [3.63, 3.8) is 0 Å². The average molecular weight is 280 g/mol. The zero-order chi connectivity index (χ0) is 13.8. The fraction of sp³-hybridized carbons (Fsp3) is 0.200. The van der Waals surface area contributed by atoms with Crippen molar-refractivity contribution in [3.8, 4) is 11.5 Å². The lowest BCUT2D eigenvalue weighted by Crippen LogP contribution is -2.02. The molecule has 2 aromatic carbocycles. The smallest absolute Gasteiger partial charge is 0.146 e. The van der Waals surface area contributed by atoms with Crippen molar-refractivity contribution in [2.75, 3.05) is 6.54 Å². The van der Waals surface area contributed by atoms with Crippen LogP contribution in [-0.4, -0.2) is 6.54 Å². The van der Waals surface area contributed by atoms with E-state index in [1.54, 1.807) is 19.1 Å². The van der Waals surface area contributed by atoms with Crippen LogP contribution in [0, 0.1) is 12.7 Å². The highest BCUT2D eigenvalue weighted by molar-refractivity contribution is 6.32. The van der Waals surface area contributed by atoms with Gasteiger partial charge in [-0.3, -0.25) is 0 Å². The molecule has 0 fully saturated rings. The summed E-state index contributed by atoms with van der Waals surface area (Å²) >= 11 is 6.16. The molecular weight excluding hydrogens is 265 g/mol.